The van der Waals surface area contributed by atoms with E-state index in [0.717, 1.165) is 32.1 Å². The number of unbranched alkanes of at least 4 members (excludes halogenated alkanes) is 7. The van der Waals surface area contributed by atoms with E-state index in [4.69, 9.17) is 0 Å². The van der Waals surface area contributed by atoms with Crippen molar-refractivity contribution in [3.05, 3.63) is 0 Å². The third-order valence-corrected chi connectivity index (χ3v) is 6.26. The summed E-state index contributed by atoms with van der Waals surface area (Å²) in [6.45, 7) is 5.08. The van der Waals surface area contributed by atoms with Crippen LogP contribution in [0.4, 0.5) is 0 Å². The Kier molecular flexibility index (Phi) is 14.0. The maximum atomic E-state index is 11.9. The van der Waals surface area contributed by atoms with Gasteiger partial charge in [0.1, 0.15) is 0 Å². The molecule has 0 radical (unpaired) electrons. The van der Waals surface area contributed by atoms with E-state index < -0.39 is 15.4 Å². The number of hydrogen-bond donors (Lipinski definition) is 1. The van der Waals surface area contributed by atoms with Crippen LogP contribution in [-0.2, 0) is 10.1 Å². The lowest BCUT2D eigenvalue weighted by molar-refractivity contribution is 0.319. The Labute approximate surface area is 151 Å². The molecule has 0 aromatic carbocycles. The predicted octanol–water partition coefficient (Wildman–Crippen LogP) is 5.14. The number of rotatable bonds is 16. The lowest BCUT2D eigenvalue weighted by atomic mass is 9.90. The Morgan fingerprint density at radius 2 is 1.25 bits per heavy atom. The van der Waals surface area contributed by atoms with Gasteiger partial charge in [-0.15, -0.1) is 0 Å². The first-order chi connectivity index (χ1) is 11.3. The van der Waals surface area contributed by atoms with Crippen LogP contribution in [0.15, 0.2) is 0 Å². The van der Waals surface area contributed by atoms with Crippen LogP contribution in [0.25, 0.3) is 0 Å². The first-order valence-electron chi connectivity index (χ1n) is 9.93. The molecular formula is C19H41NO3S. The van der Waals surface area contributed by atoms with Crippen molar-refractivity contribution in [3.8, 4) is 0 Å². The van der Waals surface area contributed by atoms with Crippen molar-refractivity contribution < 1.29 is 13.0 Å². The van der Waals surface area contributed by atoms with Crippen LogP contribution < -0.4 is 0 Å². The summed E-state index contributed by atoms with van der Waals surface area (Å²) in [5.74, 6) is 0.0958. The maximum absolute atomic E-state index is 11.9. The van der Waals surface area contributed by atoms with Crippen LogP contribution in [-0.4, -0.2) is 43.8 Å². The van der Waals surface area contributed by atoms with E-state index in [-0.39, 0.29) is 5.92 Å². The SMILES string of the molecule is CCCCCCCC(CCCCCC)C(CCN(C)C)S(=O)(=O)O. The molecule has 1 N–H and O–H groups in total. The molecule has 0 saturated carbocycles. The summed E-state index contributed by atoms with van der Waals surface area (Å²) in [4.78, 5) is 1.99. The minimum absolute atomic E-state index is 0.0958. The third-order valence-electron chi connectivity index (χ3n) is 4.88. The molecule has 4 nitrogen and oxygen atoms in total. The maximum Gasteiger partial charge on any atom is 0.268 e. The van der Waals surface area contributed by atoms with E-state index >= 15 is 0 Å². The van der Waals surface area contributed by atoms with Crippen molar-refractivity contribution in [2.75, 3.05) is 20.6 Å². The molecule has 0 aromatic rings. The van der Waals surface area contributed by atoms with E-state index in [1.807, 2.05) is 19.0 Å². The Bertz CT molecular complexity index is 382. The average Bonchev–Trinajstić information content (AvgIpc) is 2.49. The van der Waals surface area contributed by atoms with Gasteiger partial charge >= 0.3 is 0 Å². The predicted molar refractivity (Wildman–Crippen MR) is 104 cm³/mol. The van der Waals surface area contributed by atoms with Crippen LogP contribution in [0, 0.1) is 5.92 Å². The van der Waals surface area contributed by atoms with Crippen LogP contribution in [0.5, 0.6) is 0 Å². The second-order valence-corrected chi connectivity index (χ2v) is 9.09. The van der Waals surface area contributed by atoms with Gasteiger partial charge in [-0.1, -0.05) is 71.6 Å². The molecule has 0 heterocycles. The van der Waals surface area contributed by atoms with E-state index in [1.54, 1.807) is 0 Å². The fraction of sp³-hybridized carbons (Fsp3) is 1.00. The van der Waals surface area contributed by atoms with Gasteiger partial charge in [-0.05, 0) is 45.8 Å². The van der Waals surface area contributed by atoms with E-state index in [0.29, 0.717) is 13.0 Å². The zero-order valence-electron chi connectivity index (χ0n) is 16.5. The van der Waals surface area contributed by atoms with Crippen LogP contribution in [0.1, 0.15) is 90.9 Å². The van der Waals surface area contributed by atoms with Crippen molar-refractivity contribution >= 4 is 10.1 Å². The molecule has 0 saturated heterocycles. The van der Waals surface area contributed by atoms with Crippen molar-refractivity contribution in [3.63, 3.8) is 0 Å². The van der Waals surface area contributed by atoms with Gasteiger partial charge < -0.3 is 4.90 Å². The van der Waals surface area contributed by atoms with Gasteiger partial charge in [0.15, 0.2) is 0 Å². The highest BCUT2D eigenvalue weighted by Crippen LogP contribution is 2.28. The largest absolute Gasteiger partial charge is 0.309 e. The topological polar surface area (TPSA) is 57.6 Å². The van der Waals surface area contributed by atoms with E-state index in [2.05, 4.69) is 13.8 Å². The zero-order valence-corrected chi connectivity index (χ0v) is 17.3. The van der Waals surface area contributed by atoms with Crippen molar-refractivity contribution in [2.24, 2.45) is 5.92 Å². The highest BCUT2D eigenvalue weighted by Gasteiger charge is 2.31. The fourth-order valence-electron chi connectivity index (χ4n) is 3.37. The van der Waals surface area contributed by atoms with Crippen molar-refractivity contribution in [1.82, 2.24) is 4.90 Å². The molecule has 2 unspecified atom stereocenters. The van der Waals surface area contributed by atoms with Crippen LogP contribution in [0.3, 0.4) is 0 Å². The summed E-state index contributed by atoms with van der Waals surface area (Å²) in [5.41, 5.74) is 0. The van der Waals surface area contributed by atoms with Crippen LogP contribution in [0.2, 0.25) is 0 Å². The average molecular weight is 364 g/mol. The molecule has 0 spiro atoms. The highest BCUT2D eigenvalue weighted by atomic mass is 32.2. The highest BCUT2D eigenvalue weighted by molar-refractivity contribution is 7.86. The van der Waals surface area contributed by atoms with E-state index in [1.165, 1.54) is 38.5 Å². The Balaban J connectivity index is 4.71. The molecule has 0 aromatic heterocycles. The third kappa shape index (κ3) is 12.3. The molecule has 0 amide bonds. The van der Waals surface area contributed by atoms with Crippen molar-refractivity contribution in [1.29, 1.82) is 0 Å². The molecular weight excluding hydrogens is 322 g/mol. The number of hydrogen-bond acceptors (Lipinski definition) is 3. The lowest BCUT2D eigenvalue weighted by Gasteiger charge is -2.26. The minimum Gasteiger partial charge on any atom is -0.309 e. The zero-order chi connectivity index (χ0) is 18.4. The summed E-state index contributed by atoms with van der Waals surface area (Å²) >= 11 is 0. The molecule has 0 rings (SSSR count). The van der Waals surface area contributed by atoms with Gasteiger partial charge in [0.25, 0.3) is 10.1 Å². The van der Waals surface area contributed by atoms with Gasteiger partial charge in [-0.3, -0.25) is 4.55 Å². The summed E-state index contributed by atoms with van der Waals surface area (Å²) in [7, 11) is -0.0836. The molecule has 24 heavy (non-hydrogen) atoms. The molecule has 0 aliphatic rings. The first-order valence-corrected chi connectivity index (χ1v) is 11.4. The monoisotopic (exact) mass is 363 g/mol. The second kappa shape index (κ2) is 14.1. The standard InChI is InChI=1S/C19H41NO3S/c1-5-7-9-11-13-15-18(14-12-10-8-6-2)19(24(21,22)23)16-17-20(3)4/h18-19H,5-17H2,1-4H3,(H,21,22,23). The number of nitrogens with zero attached hydrogens (tertiary/aromatic N) is 1. The fourth-order valence-corrected chi connectivity index (χ4v) is 4.53. The minimum atomic E-state index is -3.98. The summed E-state index contributed by atoms with van der Waals surface area (Å²) in [6, 6.07) is 0. The summed E-state index contributed by atoms with van der Waals surface area (Å²) in [5, 5.41) is -0.604. The van der Waals surface area contributed by atoms with Gasteiger partial charge in [0.2, 0.25) is 0 Å². The molecule has 0 bridgehead atoms. The Hall–Kier alpha value is -0.130. The molecule has 146 valence electrons. The molecule has 0 aliphatic heterocycles. The molecule has 5 heteroatoms. The van der Waals surface area contributed by atoms with E-state index in [9.17, 15) is 13.0 Å². The summed E-state index contributed by atoms with van der Waals surface area (Å²) < 4.78 is 33.7. The second-order valence-electron chi connectivity index (χ2n) is 7.46. The molecule has 0 aliphatic carbocycles. The smallest absolute Gasteiger partial charge is 0.268 e. The quantitative estimate of drug-likeness (QED) is 0.305. The molecule has 2 atom stereocenters. The Morgan fingerprint density at radius 1 is 0.792 bits per heavy atom. The molecule has 0 fully saturated rings. The van der Waals surface area contributed by atoms with Gasteiger partial charge in [0, 0.05) is 0 Å². The first kappa shape index (κ1) is 23.9. The van der Waals surface area contributed by atoms with Crippen LogP contribution >= 0.6 is 0 Å². The Morgan fingerprint density at radius 3 is 1.67 bits per heavy atom. The van der Waals surface area contributed by atoms with Gasteiger partial charge in [0.05, 0.1) is 5.25 Å². The van der Waals surface area contributed by atoms with Gasteiger partial charge in [-0.25, -0.2) is 0 Å². The summed E-state index contributed by atoms with van der Waals surface area (Å²) in [6.07, 6.45) is 12.9. The lowest BCUT2D eigenvalue weighted by Crippen LogP contribution is -2.33. The normalized spacial score (nSPS) is 14.9. The van der Waals surface area contributed by atoms with Crippen molar-refractivity contribution in [2.45, 2.75) is 96.1 Å². The van der Waals surface area contributed by atoms with Gasteiger partial charge in [-0.2, -0.15) is 8.42 Å².